The minimum absolute atomic E-state index is 0.326. The maximum absolute atomic E-state index is 10.3. The fraction of sp³-hybridized carbons (Fsp3) is 0.889. The van der Waals surface area contributed by atoms with Crippen molar-refractivity contribution in [2.24, 2.45) is 5.92 Å². The van der Waals surface area contributed by atoms with Crippen molar-refractivity contribution in [3.05, 3.63) is 0 Å². The first kappa shape index (κ1) is 9.67. The highest BCUT2D eigenvalue weighted by atomic mass is 16.1. The molecular formula is C9H18O. The molecule has 0 saturated heterocycles. The average Bonchev–Trinajstić information content (AvgIpc) is 1.99. The molecule has 1 heteroatoms. The van der Waals surface area contributed by atoms with E-state index in [4.69, 9.17) is 0 Å². The monoisotopic (exact) mass is 142 g/mol. The molecule has 0 aromatic heterocycles. The minimum Gasteiger partial charge on any atom is -0.303 e. The van der Waals surface area contributed by atoms with Gasteiger partial charge in [0.25, 0.3) is 0 Å². The van der Waals surface area contributed by atoms with E-state index in [1.165, 1.54) is 19.3 Å². The number of aldehydes is 1. The molecule has 0 rings (SSSR count). The molecule has 0 saturated carbocycles. The first-order valence-corrected chi connectivity index (χ1v) is 4.30. The Morgan fingerprint density at radius 2 is 2.00 bits per heavy atom. The van der Waals surface area contributed by atoms with E-state index in [0.717, 1.165) is 19.1 Å². The Bertz CT molecular complexity index is 78.8. The zero-order chi connectivity index (χ0) is 7.82. The lowest BCUT2D eigenvalue weighted by Gasteiger charge is -2.04. The number of hydrogen-bond donors (Lipinski definition) is 0. The second kappa shape index (κ2) is 6.79. The lowest BCUT2D eigenvalue weighted by Crippen LogP contribution is -1.99. The van der Waals surface area contributed by atoms with Crippen LogP contribution in [0.15, 0.2) is 0 Å². The van der Waals surface area contributed by atoms with Crippen molar-refractivity contribution in [1.29, 1.82) is 0 Å². The Kier molecular flexibility index (Phi) is 6.56. The summed E-state index contributed by atoms with van der Waals surface area (Å²) in [6.45, 7) is 4.26. The second-order valence-corrected chi connectivity index (χ2v) is 2.80. The number of carbonyl (C=O) groups excluding carboxylic acids is 1. The van der Waals surface area contributed by atoms with E-state index in [1.54, 1.807) is 0 Å². The molecule has 0 spiro atoms. The van der Waals surface area contributed by atoms with Crippen LogP contribution < -0.4 is 0 Å². The number of rotatable bonds is 6. The molecule has 0 radical (unpaired) electrons. The van der Waals surface area contributed by atoms with Crippen LogP contribution in [0.4, 0.5) is 0 Å². The SMILES string of the molecule is CCCCC[C@H](C=O)CC. The predicted molar refractivity (Wildman–Crippen MR) is 44.0 cm³/mol. The number of hydrogen-bond acceptors (Lipinski definition) is 1. The summed E-state index contributed by atoms with van der Waals surface area (Å²) in [7, 11) is 0. The summed E-state index contributed by atoms with van der Waals surface area (Å²) in [6.07, 6.45) is 6.92. The van der Waals surface area contributed by atoms with Gasteiger partial charge >= 0.3 is 0 Å². The summed E-state index contributed by atoms with van der Waals surface area (Å²) in [6, 6.07) is 0. The van der Waals surface area contributed by atoms with Crippen molar-refractivity contribution in [2.45, 2.75) is 46.0 Å². The molecule has 0 aliphatic heterocycles. The fourth-order valence-electron chi connectivity index (χ4n) is 1.02. The highest BCUT2D eigenvalue weighted by Crippen LogP contribution is 2.10. The molecule has 0 bridgehead atoms. The van der Waals surface area contributed by atoms with Crippen LogP contribution >= 0.6 is 0 Å². The lowest BCUT2D eigenvalue weighted by molar-refractivity contribution is -0.111. The molecule has 0 aromatic carbocycles. The predicted octanol–water partition coefficient (Wildman–Crippen LogP) is 2.79. The van der Waals surface area contributed by atoms with Gasteiger partial charge in [-0.1, -0.05) is 33.1 Å². The standard InChI is InChI=1S/C9H18O/c1-3-5-6-7-9(4-2)8-10/h8-9H,3-7H2,1-2H3/t9-/m1/s1. The van der Waals surface area contributed by atoms with E-state index >= 15 is 0 Å². The van der Waals surface area contributed by atoms with Crippen LogP contribution in [0.1, 0.15) is 46.0 Å². The Morgan fingerprint density at radius 1 is 1.30 bits per heavy atom. The largest absolute Gasteiger partial charge is 0.303 e. The third-order valence-corrected chi connectivity index (χ3v) is 1.90. The topological polar surface area (TPSA) is 17.1 Å². The molecule has 0 heterocycles. The molecule has 0 N–H and O–H groups in total. The van der Waals surface area contributed by atoms with Gasteiger partial charge in [-0.25, -0.2) is 0 Å². The van der Waals surface area contributed by atoms with Gasteiger partial charge in [-0.15, -0.1) is 0 Å². The Morgan fingerprint density at radius 3 is 2.40 bits per heavy atom. The van der Waals surface area contributed by atoms with Crippen molar-refractivity contribution in [3.63, 3.8) is 0 Å². The van der Waals surface area contributed by atoms with E-state index in [2.05, 4.69) is 13.8 Å². The van der Waals surface area contributed by atoms with Gasteiger partial charge < -0.3 is 4.79 Å². The van der Waals surface area contributed by atoms with Crippen LogP contribution in [0.3, 0.4) is 0 Å². The average molecular weight is 142 g/mol. The first-order chi connectivity index (χ1) is 4.85. The maximum Gasteiger partial charge on any atom is 0.123 e. The molecule has 1 atom stereocenters. The van der Waals surface area contributed by atoms with Gasteiger partial charge in [0.1, 0.15) is 6.29 Å². The Labute approximate surface area is 63.8 Å². The summed E-state index contributed by atoms with van der Waals surface area (Å²) < 4.78 is 0. The summed E-state index contributed by atoms with van der Waals surface area (Å²) in [4.78, 5) is 10.3. The zero-order valence-corrected chi connectivity index (χ0v) is 7.10. The fourth-order valence-corrected chi connectivity index (χ4v) is 1.02. The first-order valence-electron chi connectivity index (χ1n) is 4.30. The Balaban J connectivity index is 3.17. The van der Waals surface area contributed by atoms with Crippen molar-refractivity contribution in [1.82, 2.24) is 0 Å². The van der Waals surface area contributed by atoms with Crippen molar-refractivity contribution >= 4 is 6.29 Å². The van der Waals surface area contributed by atoms with Crippen molar-refractivity contribution in [3.8, 4) is 0 Å². The molecule has 0 aliphatic rings. The van der Waals surface area contributed by atoms with Gasteiger partial charge in [-0.05, 0) is 12.8 Å². The quantitative estimate of drug-likeness (QED) is 0.411. The van der Waals surface area contributed by atoms with Crippen LogP contribution in [-0.4, -0.2) is 6.29 Å². The van der Waals surface area contributed by atoms with Crippen LogP contribution in [0.2, 0.25) is 0 Å². The van der Waals surface area contributed by atoms with Gasteiger partial charge in [0.05, 0.1) is 0 Å². The van der Waals surface area contributed by atoms with E-state index in [-0.39, 0.29) is 0 Å². The zero-order valence-electron chi connectivity index (χ0n) is 7.10. The molecular weight excluding hydrogens is 124 g/mol. The van der Waals surface area contributed by atoms with Gasteiger partial charge in [-0.3, -0.25) is 0 Å². The summed E-state index contributed by atoms with van der Waals surface area (Å²) in [5, 5.41) is 0. The molecule has 60 valence electrons. The third kappa shape index (κ3) is 4.54. The van der Waals surface area contributed by atoms with E-state index in [1.807, 2.05) is 0 Å². The van der Waals surface area contributed by atoms with Crippen LogP contribution in [-0.2, 0) is 4.79 Å². The summed E-state index contributed by atoms with van der Waals surface area (Å²) in [5.74, 6) is 0.326. The highest BCUT2D eigenvalue weighted by molar-refractivity contribution is 5.53. The maximum atomic E-state index is 10.3. The number of unbranched alkanes of at least 4 members (excludes halogenated alkanes) is 2. The third-order valence-electron chi connectivity index (χ3n) is 1.90. The van der Waals surface area contributed by atoms with Gasteiger partial charge in [0.15, 0.2) is 0 Å². The second-order valence-electron chi connectivity index (χ2n) is 2.80. The van der Waals surface area contributed by atoms with Crippen LogP contribution in [0, 0.1) is 5.92 Å². The minimum atomic E-state index is 0.326. The molecule has 0 unspecified atom stereocenters. The van der Waals surface area contributed by atoms with Crippen LogP contribution in [0.5, 0.6) is 0 Å². The van der Waals surface area contributed by atoms with E-state index in [0.29, 0.717) is 5.92 Å². The van der Waals surface area contributed by atoms with Crippen LogP contribution in [0.25, 0.3) is 0 Å². The summed E-state index contributed by atoms with van der Waals surface area (Å²) in [5.41, 5.74) is 0. The molecule has 10 heavy (non-hydrogen) atoms. The molecule has 0 amide bonds. The van der Waals surface area contributed by atoms with Crippen molar-refractivity contribution in [2.75, 3.05) is 0 Å². The lowest BCUT2D eigenvalue weighted by atomic mass is 10.0. The normalized spacial score (nSPS) is 13.0. The van der Waals surface area contributed by atoms with E-state index in [9.17, 15) is 4.79 Å². The Hall–Kier alpha value is -0.330. The highest BCUT2D eigenvalue weighted by Gasteiger charge is 2.01. The van der Waals surface area contributed by atoms with Gasteiger partial charge in [0.2, 0.25) is 0 Å². The molecule has 1 nitrogen and oxygen atoms in total. The molecule has 0 aliphatic carbocycles. The van der Waals surface area contributed by atoms with E-state index < -0.39 is 0 Å². The number of carbonyl (C=O) groups is 1. The smallest absolute Gasteiger partial charge is 0.123 e. The molecule has 0 fully saturated rings. The summed E-state index contributed by atoms with van der Waals surface area (Å²) >= 11 is 0. The molecule has 0 aromatic rings. The van der Waals surface area contributed by atoms with Gasteiger partial charge in [-0.2, -0.15) is 0 Å². The van der Waals surface area contributed by atoms with Crippen molar-refractivity contribution < 1.29 is 4.79 Å². The van der Waals surface area contributed by atoms with Gasteiger partial charge in [0, 0.05) is 5.92 Å².